The van der Waals surface area contributed by atoms with E-state index in [-0.39, 0.29) is 6.04 Å². The minimum absolute atomic E-state index is 0.0499. The monoisotopic (exact) mass is 304 g/mol. The van der Waals surface area contributed by atoms with Crippen molar-refractivity contribution < 1.29 is 0 Å². The van der Waals surface area contributed by atoms with Gasteiger partial charge in [-0.25, -0.2) is 9.50 Å². The molecule has 1 fully saturated rings. The molecule has 20 heavy (non-hydrogen) atoms. The highest BCUT2D eigenvalue weighted by molar-refractivity contribution is 7.16. The van der Waals surface area contributed by atoms with Crippen LogP contribution in [0.1, 0.15) is 23.9 Å². The summed E-state index contributed by atoms with van der Waals surface area (Å²) in [6.07, 6.45) is 4.26. The molecule has 0 spiro atoms. The Hall–Kier alpha value is -1.43. The Morgan fingerprint density at radius 3 is 3.00 bits per heavy atom. The minimum Gasteiger partial charge on any atom is -0.322 e. The highest BCUT2D eigenvalue weighted by Crippen LogP contribution is 2.40. The molecule has 1 saturated carbocycles. The molecule has 1 aliphatic carbocycles. The lowest BCUT2D eigenvalue weighted by Gasteiger charge is -2.04. The van der Waals surface area contributed by atoms with E-state index < -0.39 is 0 Å². The van der Waals surface area contributed by atoms with Crippen LogP contribution in [0.3, 0.4) is 0 Å². The Bertz CT molecular complexity index is 774. The van der Waals surface area contributed by atoms with Gasteiger partial charge in [0.1, 0.15) is 5.01 Å². The molecule has 0 aliphatic heterocycles. The number of rotatable bonds is 3. The molecular formula is C14H13ClN4S. The Morgan fingerprint density at radius 2 is 2.25 bits per heavy atom. The number of aromatic nitrogens is 3. The van der Waals surface area contributed by atoms with Crippen LogP contribution in [0, 0.1) is 5.92 Å². The molecule has 1 aliphatic rings. The van der Waals surface area contributed by atoms with Crippen LogP contribution in [-0.4, -0.2) is 14.6 Å². The number of benzene rings is 1. The van der Waals surface area contributed by atoms with Gasteiger partial charge in [-0.15, -0.1) is 0 Å². The first-order valence-corrected chi connectivity index (χ1v) is 7.78. The van der Waals surface area contributed by atoms with Crippen LogP contribution in [-0.2, 0) is 0 Å². The molecule has 1 unspecified atom stereocenters. The molecule has 2 N–H and O–H groups in total. The SMILES string of the molecule is NC(c1nn2c(-c3cccc(Cl)c3)cnc2s1)C1CC1. The summed E-state index contributed by atoms with van der Waals surface area (Å²) in [5, 5.41) is 6.33. The van der Waals surface area contributed by atoms with Crippen molar-refractivity contribution >= 4 is 27.9 Å². The lowest BCUT2D eigenvalue weighted by atomic mass is 10.2. The van der Waals surface area contributed by atoms with Gasteiger partial charge >= 0.3 is 0 Å². The first-order valence-electron chi connectivity index (χ1n) is 6.58. The molecule has 4 rings (SSSR count). The molecule has 1 atom stereocenters. The fourth-order valence-corrected chi connectivity index (χ4v) is 3.50. The third kappa shape index (κ3) is 2.02. The van der Waals surface area contributed by atoms with Crippen molar-refractivity contribution in [3.05, 3.63) is 40.5 Å². The van der Waals surface area contributed by atoms with E-state index in [0.717, 1.165) is 21.2 Å². The van der Waals surface area contributed by atoms with Crippen molar-refractivity contribution in [3.63, 3.8) is 0 Å². The van der Waals surface area contributed by atoms with Crippen LogP contribution in [0.5, 0.6) is 0 Å². The second-order valence-electron chi connectivity index (χ2n) is 5.15. The van der Waals surface area contributed by atoms with Crippen molar-refractivity contribution in [1.29, 1.82) is 0 Å². The molecule has 6 heteroatoms. The molecule has 102 valence electrons. The van der Waals surface area contributed by atoms with Gasteiger partial charge in [0, 0.05) is 10.6 Å². The zero-order valence-corrected chi connectivity index (χ0v) is 12.2. The number of halogens is 1. The zero-order chi connectivity index (χ0) is 13.7. The van der Waals surface area contributed by atoms with Gasteiger partial charge < -0.3 is 5.73 Å². The van der Waals surface area contributed by atoms with E-state index in [4.69, 9.17) is 17.3 Å². The lowest BCUT2D eigenvalue weighted by molar-refractivity contribution is 0.618. The highest BCUT2D eigenvalue weighted by atomic mass is 35.5. The van der Waals surface area contributed by atoms with Crippen molar-refractivity contribution in [2.45, 2.75) is 18.9 Å². The predicted molar refractivity (Wildman–Crippen MR) is 81.0 cm³/mol. The van der Waals surface area contributed by atoms with E-state index in [1.54, 1.807) is 11.3 Å². The Balaban J connectivity index is 1.80. The molecule has 0 radical (unpaired) electrons. The van der Waals surface area contributed by atoms with Gasteiger partial charge in [-0.2, -0.15) is 5.10 Å². The summed E-state index contributed by atoms with van der Waals surface area (Å²) in [6.45, 7) is 0. The largest absolute Gasteiger partial charge is 0.322 e. The van der Waals surface area contributed by atoms with Gasteiger partial charge in [-0.1, -0.05) is 35.1 Å². The van der Waals surface area contributed by atoms with E-state index in [0.29, 0.717) is 10.9 Å². The second-order valence-corrected chi connectivity index (χ2v) is 6.58. The van der Waals surface area contributed by atoms with Gasteiger partial charge in [-0.3, -0.25) is 0 Å². The number of nitrogens with zero attached hydrogens (tertiary/aromatic N) is 3. The minimum atomic E-state index is 0.0499. The maximum absolute atomic E-state index is 6.22. The first kappa shape index (κ1) is 12.3. The van der Waals surface area contributed by atoms with Crippen LogP contribution in [0.25, 0.3) is 16.2 Å². The fraction of sp³-hybridized carbons (Fsp3) is 0.286. The third-order valence-electron chi connectivity index (χ3n) is 3.64. The van der Waals surface area contributed by atoms with Crippen molar-refractivity contribution in [2.24, 2.45) is 11.7 Å². The number of hydrogen-bond acceptors (Lipinski definition) is 4. The quantitative estimate of drug-likeness (QED) is 0.805. The van der Waals surface area contributed by atoms with Gasteiger partial charge in [0.15, 0.2) is 0 Å². The molecule has 2 heterocycles. The number of hydrogen-bond donors (Lipinski definition) is 1. The molecule has 0 bridgehead atoms. The van der Waals surface area contributed by atoms with E-state index in [1.165, 1.54) is 12.8 Å². The van der Waals surface area contributed by atoms with Crippen LogP contribution < -0.4 is 5.73 Å². The third-order valence-corrected chi connectivity index (χ3v) is 4.90. The van der Waals surface area contributed by atoms with E-state index in [1.807, 2.05) is 35.0 Å². The summed E-state index contributed by atoms with van der Waals surface area (Å²) >= 11 is 7.63. The fourth-order valence-electron chi connectivity index (χ4n) is 2.34. The summed E-state index contributed by atoms with van der Waals surface area (Å²) in [6, 6.07) is 7.77. The average Bonchev–Trinajstić information content (AvgIpc) is 3.08. The smallest absolute Gasteiger partial charge is 0.212 e. The number of imidazole rings is 1. The first-order chi connectivity index (χ1) is 9.72. The number of nitrogens with two attached hydrogens (primary N) is 1. The normalized spacial score (nSPS) is 16.7. The lowest BCUT2D eigenvalue weighted by Crippen LogP contribution is -2.12. The molecule has 3 aromatic rings. The van der Waals surface area contributed by atoms with Crippen LogP contribution in [0.15, 0.2) is 30.5 Å². The van der Waals surface area contributed by atoms with E-state index >= 15 is 0 Å². The summed E-state index contributed by atoms with van der Waals surface area (Å²) in [5.74, 6) is 0.598. The van der Waals surface area contributed by atoms with Crippen molar-refractivity contribution in [1.82, 2.24) is 14.6 Å². The van der Waals surface area contributed by atoms with Crippen molar-refractivity contribution in [2.75, 3.05) is 0 Å². The Labute approximate surface area is 125 Å². The summed E-state index contributed by atoms with van der Waals surface area (Å²) < 4.78 is 1.87. The summed E-state index contributed by atoms with van der Waals surface area (Å²) in [5.41, 5.74) is 8.19. The van der Waals surface area contributed by atoms with Crippen LogP contribution >= 0.6 is 22.9 Å². The van der Waals surface area contributed by atoms with Gasteiger partial charge in [0.05, 0.1) is 17.9 Å². The molecule has 0 saturated heterocycles. The van der Waals surface area contributed by atoms with Gasteiger partial charge in [-0.05, 0) is 30.9 Å². The maximum Gasteiger partial charge on any atom is 0.212 e. The topological polar surface area (TPSA) is 56.2 Å². The second kappa shape index (κ2) is 4.55. The Morgan fingerprint density at radius 1 is 1.40 bits per heavy atom. The van der Waals surface area contributed by atoms with Crippen LogP contribution in [0.2, 0.25) is 5.02 Å². The van der Waals surface area contributed by atoms with Crippen molar-refractivity contribution in [3.8, 4) is 11.3 Å². The van der Waals surface area contributed by atoms with Gasteiger partial charge in [0.25, 0.3) is 0 Å². The Kier molecular flexibility index (Phi) is 2.80. The van der Waals surface area contributed by atoms with Gasteiger partial charge in [0.2, 0.25) is 4.96 Å². The average molecular weight is 305 g/mol. The summed E-state index contributed by atoms with van der Waals surface area (Å²) in [7, 11) is 0. The zero-order valence-electron chi connectivity index (χ0n) is 10.7. The van der Waals surface area contributed by atoms with E-state index in [2.05, 4.69) is 10.1 Å². The number of fused-ring (bicyclic) bond motifs is 1. The molecule has 1 aromatic carbocycles. The summed E-state index contributed by atoms with van der Waals surface area (Å²) in [4.78, 5) is 5.31. The molecule has 0 amide bonds. The predicted octanol–water partition coefficient (Wildman–Crippen LogP) is 3.52. The molecule has 4 nitrogen and oxygen atoms in total. The highest BCUT2D eigenvalue weighted by Gasteiger charge is 2.32. The van der Waals surface area contributed by atoms with Crippen LogP contribution in [0.4, 0.5) is 0 Å². The molecular weight excluding hydrogens is 292 g/mol. The molecule has 2 aromatic heterocycles. The standard InChI is InChI=1S/C14H13ClN4S/c15-10-3-1-2-9(6-10)11-7-17-14-19(11)18-13(20-14)12(16)8-4-5-8/h1-3,6-8,12H,4-5,16H2. The maximum atomic E-state index is 6.22. The van der Waals surface area contributed by atoms with E-state index in [9.17, 15) is 0 Å².